The molecule has 0 radical (unpaired) electrons. The van der Waals surface area contributed by atoms with Crippen molar-refractivity contribution >= 4 is 56.2 Å². The van der Waals surface area contributed by atoms with Crippen molar-refractivity contribution < 1.29 is 13.5 Å². The lowest BCUT2D eigenvalue weighted by Gasteiger charge is -2.22. The molecule has 1 fully saturated rings. The zero-order valence-electron chi connectivity index (χ0n) is 15.6. The van der Waals surface area contributed by atoms with Gasteiger partial charge in [0.2, 0.25) is 0 Å². The Balaban J connectivity index is 1.77. The highest BCUT2D eigenvalue weighted by Gasteiger charge is 2.29. The molecule has 4 rings (SSSR count). The average molecular weight is 503 g/mol. The van der Waals surface area contributed by atoms with E-state index in [-0.39, 0.29) is 0 Å². The van der Waals surface area contributed by atoms with Crippen molar-refractivity contribution in [1.82, 2.24) is 9.78 Å². The number of aromatic nitrogens is 2. The van der Waals surface area contributed by atoms with Crippen LogP contribution in [0.2, 0.25) is 5.02 Å². The molecule has 0 N–H and O–H groups in total. The smallest absolute Gasteiger partial charge is 0.257 e. The van der Waals surface area contributed by atoms with Gasteiger partial charge in [0.05, 0.1) is 29.6 Å². The molecule has 0 bridgehead atoms. The molecule has 1 aromatic heterocycles. The van der Waals surface area contributed by atoms with Crippen LogP contribution in [0.3, 0.4) is 0 Å². The van der Waals surface area contributed by atoms with Crippen LogP contribution in [0.1, 0.15) is 18.4 Å². The van der Waals surface area contributed by atoms with Crippen LogP contribution in [0.5, 0.6) is 5.75 Å². The number of rotatable bonds is 8. The first-order valence-corrected chi connectivity index (χ1v) is 11.2. The number of hydrogen-bond acceptors (Lipinski definition) is 4. The molecule has 0 atom stereocenters. The van der Waals surface area contributed by atoms with Crippen molar-refractivity contribution in [3.05, 3.63) is 51.5 Å². The van der Waals surface area contributed by atoms with E-state index in [4.69, 9.17) is 16.3 Å². The van der Waals surface area contributed by atoms with Crippen LogP contribution in [-0.4, -0.2) is 28.6 Å². The number of hydrogen-bond donors (Lipinski definition) is 0. The maximum atomic E-state index is 13.2. The van der Waals surface area contributed by atoms with Gasteiger partial charge in [0.1, 0.15) is 12.3 Å². The fourth-order valence-electron chi connectivity index (χ4n) is 3.07. The SMILES string of the molecule is COc1ccc(CN(SC2CC2)c2nn(CC(F)F)c3c(Br)ccc(Cl)c23)cc1. The Kier molecular flexibility index (Phi) is 6.22. The van der Waals surface area contributed by atoms with Crippen LogP contribution in [0.15, 0.2) is 40.9 Å². The molecule has 0 spiro atoms. The molecule has 9 heteroatoms. The highest BCUT2D eigenvalue weighted by molar-refractivity contribution is 9.10. The van der Waals surface area contributed by atoms with E-state index in [0.717, 1.165) is 24.2 Å². The molecule has 0 saturated heterocycles. The Hall–Kier alpha value is -1.51. The Bertz CT molecular complexity index is 1010. The molecular formula is C20H19BrClF2N3OS. The lowest BCUT2D eigenvalue weighted by molar-refractivity contribution is 0.123. The van der Waals surface area contributed by atoms with Gasteiger partial charge in [-0.1, -0.05) is 23.7 Å². The normalized spacial score (nSPS) is 14.0. The fraction of sp³-hybridized carbons (Fsp3) is 0.350. The minimum atomic E-state index is -2.51. The van der Waals surface area contributed by atoms with Crippen LogP contribution in [0.25, 0.3) is 10.9 Å². The van der Waals surface area contributed by atoms with E-state index in [2.05, 4.69) is 25.3 Å². The summed E-state index contributed by atoms with van der Waals surface area (Å²) >= 11 is 11.7. The number of nitrogens with zero attached hydrogens (tertiary/aromatic N) is 3. The summed E-state index contributed by atoms with van der Waals surface area (Å²) in [4.78, 5) is 0. The van der Waals surface area contributed by atoms with Crippen molar-refractivity contribution in [3.63, 3.8) is 0 Å². The summed E-state index contributed by atoms with van der Waals surface area (Å²) < 4.78 is 35.7. The number of benzene rings is 2. The summed E-state index contributed by atoms with van der Waals surface area (Å²) in [6, 6.07) is 11.3. The van der Waals surface area contributed by atoms with E-state index in [0.29, 0.717) is 38.0 Å². The molecule has 0 unspecified atom stereocenters. The van der Waals surface area contributed by atoms with E-state index in [9.17, 15) is 8.78 Å². The van der Waals surface area contributed by atoms with Gasteiger partial charge in [-0.15, -0.1) is 0 Å². The summed E-state index contributed by atoms with van der Waals surface area (Å²) in [7, 11) is 1.63. The number of fused-ring (bicyclic) bond motifs is 1. The van der Waals surface area contributed by atoms with Crippen LogP contribution < -0.4 is 9.04 Å². The van der Waals surface area contributed by atoms with E-state index < -0.39 is 13.0 Å². The predicted octanol–water partition coefficient (Wildman–Crippen LogP) is 6.54. The first-order valence-electron chi connectivity index (χ1n) is 9.16. The highest BCUT2D eigenvalue weighted by atomic mass is 79.9. The largest absolute Gasteiger partial charge is 0.497 e. The monoisotopic (exact) mass is 501 g/mol. The summed E-state index contributed by atoms with van der Waals surface area (Å²) in [6.07, 6.45) is -0.240. The van der Waals surface area contributed by atoms with Gasteiger partial charge < -0.3 is 4.74 Å². The van der Waals surface area contributed by atoms with Crippen LogP contribution in [-0.2, 0) is 13.1 Å². The number of halogens is 4. The van der Waals surface area contributed by atoms with E-state index in [1.807, 2.05) is 24.3 Å². The molecule has 154 valence electrons. The van der Waals surface area contributed by atoms with Gasteiger partial charge in [0.25, 0.3) is 6.43 Å². The Morgan fingerprint density at radius 2 is 2.00 bits per heavy atom. The van der Waals surface area contributed by atoms with Crippen LogP contribution in [0.4, 0.5) is 14.6 Å². The Morgan fingerprint density at radius 1 is 1.28 bits per heavy atom. The molecule has 0 amide bonds. The second kappa shape index (κ2) is 8.70. The number of anilines is 1. The van der Waals surface area contributed by atoms with Gasteiger partial charge in [0.15, 0.2) is 5.82 Å². The van der Waals surface area contributed by atoms with E-state index in [1.54, 1.807) is 31.2 Å². The van der Waals surface area contributed by atoms with Gasteiger partial charge in [0, 0.05) is 9.72 Å². The third-order valence-corrected chi connectivity index (χ3v) is 6.89. The van der Waals surface area contributed by atoms with E-state index >= 15 is 0 Å². The van der Waals surface area contributed by atoms with Crippen molar-refractivity contribution in [2.24, 2.45) is 0 Å². The Labute approximate surface area is 185 Å². The molecule has 1 saturated carbocycles. The van der Waals surface area contributed by atoms with Crippen LogP contribution in [0, 0.1) is 0 Å². The lowest BCUT2D eigenvalue weighted by Crippen LogP contribution is -2.17. The lowest BCUT2D eigenvalue weighted by atomic mass is 10.2. The highest BCUT2D eigenvalue weighted by Crippen LogP contribution is 2.44. The Morgan fingerprint density at radius 3 is 2.62 bits per heavy atom. The predicted molar refractivity (Wildman–Crippen MR) is 118 cm³/mol. The second-order valence-electron chi connectivity index (χ2n) is 6.84. The zero-order valence-corrected chi connectivity index (χ0v) is 18.8. The summed E-state index contributed by atoms with van der Waals surface area (Å²) in [6.45, 7) is 0.0920. The minimum Gasteiger partial charge on any atom is -0.497 e. The molecule has 3 aromatic rings. The third kappa shape index (κ3) is 4.64. The van der Waals surface area contributed by atoms with Gasteiger partial charge in [-0.3, -0.25) is 8.99 Å². The van der Waals surface area contributed by atoms with Crippen molar-refractivity contribution in [1.29, 1.82) is 0 Å². The van der Waals surface area contributed by atoms with Gasteiger partial charge >= 0.3 is 0 Å². The van der Waals surface area contributed by atoms with Gasteiger partial charge in [-0.25, -0.2) is 8.78 Å². The van der Waals surface area contributed by atoms with Crippen molar-refractivity contribution in [2.45, 2.75) is 37.6 Å². The first kappa shape index (κ1) is 20.8. The third-order valence-electron chi connectivity index (χ3n) is 4.61. The summed E-state index contributed by atoms with van der Waals surface area (Å²) in [5.41, 5.74) is 1.66. The molecule has 1 aliphatic carbocycles. The quantitative estimate of drug-likeness (QED) is 0.327. The molecule has 1 aliphatic rings. The standard InChI is InChI=1S/C20H19BrClF2N3OS/c1-28-13-4-2-12(3-5-13)10-27(29-14-6-7-14)20-18-16(22)9-8-15(21)19(18)26(25-20)11-17(23)24/h2-5,8-9,14,17H,6-7,10-11H2,1H3. The van der Waals surface area contributed by atoms with Gasteiger partial charge in [-0.2, -0.15) is 5.10 Å². The average Bonchev–Trinajstić information content (AvgIpc) is 3.43. The summed E-state index contributed by atoms with van der Waals surface area (Å²) in [5, 5.41) is 6.25. The minimum absolute atomic E-state index is 0.486. The van der Waals surface area contributed by atoms with Gasteiger partial charge in [-0.05, 0) is 70.5 Å². The molecule has 2 aromatic carbocycles. The van der Waals surface area contributed by atoms with Crippen molar-refractivity contribution in [2.75, 3.05) is 11.4 Å². The number of ether oxygens (including phenoxy) is 1. The maximum Gasteiger partial charge on any atom is 0.257 e. The molecule has 29 heavy (non-hydrogen) atoms. The zero-order chi connectivity index (χ0) is 20.5. The molecule has 0 aliphatic heterocycles. The molecular weight excluding hydrogens is 484 g/mol. The molecule has 4 nitrogen and oxygen atoms in total. The number of alkyl halides is 2. The number of methoxy groups -OCH3 is 1. The fourth-order valence-corrected chi connectivity index (χ4v) is 5.00. The second-order valence-corrected chi connectivity index (χ2v) is 9.42. The van der Waals surface area contributed by atoms with Crippen LogP contribution >= 0.6 is 39.5 Å². The molecule has 1 heterocycles. The first-order chi connectivity index (χ1) is 14.0. The summed E-state index contributed by atoms with van der Waals surface area (Å²) in [5.74, 6) is 1.40. The topological polar surface area (TPSA) is 30.3 Å². The van der Waals surface area contributed by atoms with E-state index in [1.165, 1.54) is 4.68 Å². The van der Waals surface area contributed by atoms with Crippen molar-refractivity contribution in [3.8, 4) is 5.75 Å². The maximum absolute atomic E-state index is 13.2.